The van der Waals surface area contributed by atoms with Gasteiger partial charge in [-0.2, -0.15) is 10.1 Å². The van der Waals surface area contributed by atoms with Gasteiger partial charge in [0.05, 0.1) is 11.3 Å². The van der Waals surface area contributed by atoms with E-state index in [1.807, 2.05) is 19.9 Å². The van der Waals surface area contributed by atoms with Crippen LogP contribution in [0.1, 0.15) is 11.4 Å². The Hall–Kier alpha value is -3.03. The summed E-state index contributed by atoms with van der Waals surface area (Å²) >= 11 is 0. The molecule has 0 unspecified atom stereocenters. The summed E-state index contributed by atoms with van der Waals surface area (Å²) in [5, 5.41) is 13.3. The Morgan fingerprint density at radius 1 is 1.35 bits per heavy atom. The maximum Gasteiger partial charge on any atom is 0.249 e. The Morgan fingerprint density at radius 2 is 2.13 bits per heavy atom. The first-order chi connectivity index (χ1) is 11.0. The lowest BCUT2D eigenvalue weighted by Gasteiger charge is -2.03. The van der Waals surface area contributed by atoms with E-state index in [4.69, 9.17) is 0 Å². The summed E-state index contributed by atoms with van der Waals surface area (Å²) < 4.78 is 15.3. The Morgan fingerprint density at radius 3 is 2.83 bits per heavy atom. The number of amides is 1. The molecule has 23 heavy (non-hydrogen) atoms. The molecule has 0 bridgehead atoms. The fourth-order valence-corrected chi connectivity index (χ4v) is 2.23. The van der Waals surface area contributed by atoms with Gasteiger partial charge in [0.2, 0.25) is 11.9 Å². The van der Waals surface area contributed by atoms with Crippen molar-refractivity contribution in [3.05, 3.63) is 47.5 Å². The number of anilines is 1. The molecular weight excluding hydrogens is 299 g/mol. The maximum absolute atomic E-state index is 13.7. The molecule has 1 aromatic carbocycles. The molecule has 0 aliphatic heterocycles. The molecule has 2 N–H and O–H groups in total. The van der Waals surface area contributed by atoms with Gasteiger partial charge in [-0.15, -0.1) is 5.10 Å². The lowest BCUT2D eigenvalue weighted by Crippen LogP contribution is -2.21. The minimum Gasteiger partial charge on any atom is -0.292 e. The number of rotatable bonds is 4. The van der Waals surface area contributed by atoms with Gasteiger partial charge in [0.1, 0.15) is 12.4 Å². The fraction of sp³-hybridized carbons (Fsp3) is 0.200. The number of aryl methyl sites for hydroxylation is 2. The molecular formula is C15H15FN6O. The van der Waals surface area contributed by atoms with Crippen LogP contribution >= 0.6 is 0 Å². The van der Waals surface area contributed by atoms with Gasteiger partial charge >= 0.3 is 0 Å². The highest BCUT2D eigenvalue weighted by molar-refractivity contribution is 5.88. The van der Waals surface area contributed by atoms with Crippen molar-refractivity contribution in [2.75, 3.05) is 5.32 Å². The summed E-state index contributed by atoms with van der Waals surface area (Å²) in [6, 6.07) is 8.08. The summed E-state index contributed by atoms with van der Waals surface area (Å²) in [4.78, 5) is 16.1. The first-order valence-electron chi connectivity index (χ1n) is 7.01. The maximum atomic E-state index is 13.7. The number of H-pyrrole nitrogens is 1. The number of carbonyl (C=O) groups is 1. The molecule has 118 valence electrons. The molecule has 1 amide bonds. The van der Waals surface area contributed by atoms with Crippen LogP contribution in [-0.4, -0.2) is 30.9 Å². The van der Waals surface area contributed by atoms with Gasteiger partial charge in [-0.05, 0) is 32.0 Å². The number of aromatic nitrogens is 5. The van der Waals surface area contributed by atoms with Crippen molar-refractivity contribution in [3.8, 4) is 11.4 Å². The van der Waals surface area contributed by atoms with Crippen LogP contribution in [-0.2, 0) is 11.3 Å². The molecule has 0 saturated carbocycles. The predicted molar refractivity (Wildman–Crippen MR) is 82.1 cm³/mol. The molecule has 0 saturated heterocycles. The van der Waals surface area contributed by atoms with Crippen LogP contribution in [0.15, 0.2) is 30.3 Å². The van der Waals surface area contributed by atoms with Gasteiger partial charge in [-0.1, -0.05) is 12.1 Å². The van der Waals surface area contributed by atoms with E-state index < -0.39 is 5.82 Å². The highest BCUT2D eigenvalue weighted by Gasteiger charge is 2.13. The molecule has 2 aromatic heterocycles. The van der Waals surface area contributed by atoms with Crippen LogP contribution in [0, 0.1) is 19.7 Å². The van der Waals surface area contributed by atoms with Crippen molar-refractivity contribution in [1.29, 1.82) is 0 Å². The van der Waals surface area contributed by atoms with E-state index >= 15 is 0 Å². The third kappa shape index (κ3) is 3.25. The van der Waals surface area contributed by atoms with Crippen molar-refractivity contribution >= 4 is 11.9 Å². The molecule has 2 heterocycles. The molecule has 0 spiro atoms. The third-order valence-electron chi connectivity index (χ3n) is 3.26. The second-order valence-electron chi connectivity index (χ2n) is 5.12. The summed E-state index contributed by atoms with van der Waals surface area (Å²) in [7, 11) is 0. The van der Waals surface area contributed by atoms with Gasteiger partial charge in [-0.3, -0.25) is 19.9 Å². The summed E-state index contributed by atoms with van der Waals surface area (Å²) in [5.41, 5.74) is 2.02. The average molecular weight is 314 g/mol. The van der Waals surface area contributed by atoms with E-state index in [0.717, 1.165) is 11.4 Å². The highest BCUT2D eigenvalue weighted by atomic mass is 19.1. The number of nitrogens with zero attached hydrogens (tertiary/aromatic N) is 4. The highest BCUT2D eigenvalue weighted by Crippen LogP contribution is 2.19. The SMILES string of the molecule is Cc1cc(C)n(CC(=O)Nc2n[nH]c(-c3ccccc3F)n2)n1. The fourth-order valence-electron chi connectivity index (χ4n) is 2.23. The van der Waals surface area contributed by atoms with Crippen molar-refractivity contribution < 1.29 is 9.18 Å². The Bertz CT molecular complexity index is 853. The van der Waals surface area contributed by atoms with E-state index in [0.29, 0.717) is 5.56 Å². The predicted octanol–water partition coefficient (Wildman–Crippen LogP) is 2.06. The molecule has 0 fully saturated rings. The van der Waals surface area contributed by atoms with Crippen molar-refractivity contribution in [2.45, 2.75) is 20.4 Å². The smallest absolute Gasteiger partial charge is 0.249 e. The van der Waals surface area contributed by atoms with Crippen LogP contribution in [0.5, 0.6) is 0 Å². The first kappa shape index (κ1) is 14.9. The first-order valence-corrected chi connectivity index (χ1v) is 7.01. The number of hydrogen-bond acceptors (Lipinski definition) is 4. The molecule has 0 aliphatic carbocycles. The molecule has 3 aromatic rings. The molecule has 0 radical (unpaired) electrons. The number of nitrogens with one attached hydrogen (secondary N) is 2. The standard InChI is InChI=1S/C15H15FN6O/c1-9-7-10(2)22(21-9)8-13(23)17-15-18-14(19-20-15)11-5-3-4-6-12(11)16/h3-7H,8H2,1-2H3,(H2,17,18,19,20,23). The lowest BCUT2D eigenvalue weighted by molar-refractivity contribution is -0.117. The summed E-state index contributed by atoms with van der Waals surface area (Å²) in [5.74, 6) is -0.376. The lowest BCUT2D eigenvalue weighted by atomic mass is 10.2. The molecule has 3 rings (SSSR count). The average Bonchev–Trinajstić information content (AvgIpc) is 3.06. The summed E-state index contributed by atoms with van der Waals surface area (Å²) in [6.45, 7) is 3.79. The third-order valence-corrected chi connectivity index (χ3v) is 3.26. The summed E-state index contributed by atoms with van der Waals surface area (Å²) in [6.07, 6.45) is 0. The van der Waals surface area contributed by atoms with Crippen molar-refractivity contribution in [3.63, 3.8) is 0 Å². The van der Waals surface area contributed by atoms with E-state index in [1.165, 1.54) is 6.07 Å². The van der Waals surface area contributed by atoms with Gasteiger partial charge in [0.25, 0.3) is 0 Å². The van der Waals surface area contributed by atoms with E-state index in [9.17, 15) is 9.18 Å². The van der Waals surface area contributed by atoms with Crippen LogP contribution in [0.25, 0.3) is 11.4 Å². The van der Waals surface area contributed by atoms with Gasteiger partial charge in [0, 0.05) is 5.69 Å². The minimum absolute atomic E-state index is 0.0588. The Balaban J connectivity index is 1.71. The monoisotopic (exact) mass is 314 g/mol. The van der Waals surface area contributed by atoms with Gasteiger partial charge in [-0.25, -0.2) is 4.39 Å². The zero-order valence-corrected chi connectivity index (χ0v) is 12.7. The normalized spacial score (nSPS) is 10.7. The molecule has 0 atom stereocenters. The topological polar surface area (TPSA) is 88.5 Å². The number of benzene rings is 1. The zero-order chi connectivity index (χ0) is 16.4. The number of hydrogen-bond donors (Lipinski definition) is 2. The van der Waals surface area contributed by atoms with Crippen LogP contribution in [0.2, 0.25) is 0 Å². The van der Waals surface area contributed by atoms with E-state index in [-0.39, 0.29) is 24.2 Å². The Labute approximate surface area is 131 Å². The van der Waals surface area contributed by atoms with Crippen LogP contribution in [0.3, 0.4) is 0 Å². The zero-order valence-electron chi connectivity index (χ0n) is 12.7. The molecule has 8 heteroatoms. The van der Waals surface area contributed by atoms with Gasteiger partial charge < -0.3 is 0 Å². The minimum atomic E-state index is -0.413. The number of halogens is 1. The largest absolute Gasteiger partial charge is 0.292 e. The molecule has 0 aliphatic rings. The van der Waals surface area contributed by atoms with E-state index in [2.05, 4.69) is 25.6 Å². The second-order valence-corrected chi connectivity index (χ2v) is 5.12. The molecule has 7 nitrogen and oxygen atoms in total. The van der Waals surface area contributed by atoms with Crippen LogP contribution in [0.4, 0.5) is 10.3 Å². The Kier molecular flexibility index (Phi) is 3.88. The van der Waals surface area contributed by atoms with Gasteiger partial charge in [0.15, 0.2) is 5.82 Å². The van der Waals surface area contributed by atoms with E-state index in [1.54, 1.807) is 22.9 Å². The van der Waals surface area contributed by atoms with Crippen molar-refractivity contribution in [2.24, 2.45) is 0 Å². The van der Waals surface area contributed by atoms with Crippen molar-refractivity contribution in [1.82, 2.24) is 25.0 Å². The number of carbonyl (C=O) groups excluding carboxylic acids is 1. The second kappa shape index (κ2) is 5.99. The van der Waals surface area contributed by atoms with Crippen LogP contribution < -0.4 is 5.32 Å². The number of aromatic amines is 1. The quantitative estimate of drug-likeness (QED) is 0.771.